The number of carbonyl (C=O) groups is 1. The maximum absolute atomic E-state index is 12.5. The van der Waals surface area contributed by atoms with Gasteiger partial charge in [0.25, 0.3) is 0 Å². The van der Waals surface area contributed by atoms with Crippen molar-refractivity contribution >= 4 is 22.9 Å². The van der Waals surface area contributed by atoms with Gasteiger partial charge in [-0.05, 0) is 30.5 Å². The van der Waals surface area contributed by atoms with Gasteiger partial charge in [-0.15, -0.1) is 11.3 Å². The van der Waals surface area contributed by atoms with Crippen LogP contribution in [0.3, 0.4) is 0 Å². The Bertz CT molecular complexity index is 745. The highest BCUT2D eigenvalue weighted by Crippen LogP contribution is 2.17. The van der Waals surface area contributed by atoms with Crippen LogP contribution in [0.5, 0.6) is 0 Å². The quantitative estimate of drug-likeness (QED) is 0.897. The molecule has 5 nitrogen and oxygen atoms in total. The number of nitrogens with one attached hydrogen (secondary N) is 1. The van der Waals surface area contributed by atoms with Gasteiger partial charge in [-0.2, -0.15) is 5.26 Å². The van der Waals surface area contributed by atoms with Crippen molar-refractivity contribution in [2.24, 2.45) is 0 Å². The molecule has 6 heteroatoms. The van der Waals surface area contributed by atoms with Gasteiger partial charge in [0.1, 0.15) is 6.07 Å². The minimum Gasteiger partial charge on any atom is -0.324 e. The van der Waals surface area contributed by atoms with Crippen molar-refractivity contribution in [1.82, 2.24) is 9.80 Å². The summed E-state index contributed by atoms with van der Waals surface area (Å²) in [5.74, 6) is -0.0607. The summed E-state index contributed by atoms with van der Waals surface area (Å²) in [7, 11) is 0. The molecule has 1 N–H and O–H groups in total. The number of hydrogen-bond acceptors (Lipinski definition) is 5. The lowest BCUT2D eigenvalue weighted by molar-refractivity contribution is -0.121. The van der Waals surface area contributed by atoms with Crippen molar-refractivity contribution in [1.29, 1.82) is 5.26 Å². The zero-order valence-corrected chi connectivity index (χ0v) is 15.1. The van der Waals surface area contributed by atoms with E-state index in [0.29, 0.717) is 11.3 Å². The van der Waals surface area contributed by atoms with Gasteiger partial charge in [0.05, 0.1) is 17.3 Å². The molecule has 0 bridgehead atoms. The molecule has 1 fully saturated rings. The van der Waals surface area contributed by atoms with E-state index in [2.05, 4.69) is 38.7 Å². The van der Waals surface area contributed by atoms with E-state index in [4.69, 9.17) is 5.26 Å². The minimum atomic E-state index is -0.212. The average molecular weight is 354 g/mol. The largest absolute Gasteiger partial charge is 0.324 e. The standard InChI is InChI=1S/C19H22N4OS/c1-15(19(24)21-18-7-3-2-5-16(18)13-20)23-10-8-22(9-11-23)14-17-6-4-12-25-17/h2-7,12,15H,8-11,14H2,1H3,(H,21,24)/t15-/m0/s1. The number of anilines is 1. The van der Waals surface area contributed by atoms with Gasteiger partial charge in [-0.1, -0.05) is 18.2 Å². The fourth-order valence-corrected chi connectivity index (χ4v) is 3.77. The molecule has 1 aliphatic rings. The molecule has 3 rings (SSSR count). The molecule has 130 valence electrons. The molecule has 1 aromatic carbocycles. The number of hydrogen-bond donors (Lipinski definition) is 1. The molecule has 0 spiro atoms. The van der Waals surface area contributed by atoms with Gasteiger partial charge in [0.15, 0.2) is 0 Å². The van der Waals surface area contributed by atoms with Crippen LogP contribution >= 0.6 is 11.3 Å². The fourth-order valence-electron chi connectivity index (χ4n) is 3.02. The molecular formula is C19H22N4OS. The number of rotatable bonds is 5. The number of benzene rings is 1. The lowest BCUT2D eigenvalue weighted by Gasteiger charge is -2.37. The van der Waals surface area contributed by atoms with Crippen LogP contribution < -0.4 is 5.32 Å². The summed E-state index contributed by atoms with van der Waals surface area (Å²) in [5, 5.41) is 14.1. The Kier molecular flexibility index (Phi) is 5.82. The molecule has 1 amide bonds. The van der Waals surface area contributed by atoms with Crippen LogP contribution in [0, 0.1) is 11.3 Å². The van der Waals surface area contributed by atoms with E-state index in [1.165, 1.54) is 4.88 Å². The van der Waals surface area contributed by atoms with E-state index in [-0.39, 0.29) is 11.9 Å². The van der Waals surface area contributed by atoms with Crippen molar-refractivity contribution in [3.05, 3.63) is 52.2 Å². The molecule has 0 aliphatic carbocycles. The molecule has 2 aromatic rings. The lowest BCUT2D eigenvalue weighted by atomic mass is 10.1. The first-order valence-electron chi connectivity index (χ1n) is 8.46. The van der Waals surface area contributed by atoms with Gasteiger partial charge in [0, 0.05) is 37.6 Å². The van der Waals surface area contributed by atoms with E-state index in [9.17, 15) is 4.79 Å². The van der Waals surface area contributed by atoms with Crippen LogP contribution in [0.4, 0.5) is 5.69 Å². The molecule has 1 atom stereocenters. The van der Waals surface area contributed by atoms with Crippen LogP contribution in [0.2, 0.25) is 0 Å². The summed E-state index contributed by atoms with van der Waals surface area (Å²) in [6.45, 7) is 6.59. The first-order valence-corrected chi connectivity index (χ1v) is 9.34. The number of amides is 1. The van der Waals surface area contributed by atoms with Crippen molar-refractivity contribution in [3.63, 3.8) is 0 Å². The molecule has 1 aromatic heterocycles. The third kappa shape index (κ3) is 4.45. The van der Waals surface area contributed by atoms with Crippen molar-refractivity contribution < 1.29 is 4.79 Å². The highest BCUT2D eigenvalue weighted by molar-refractivity contribution is 7.09. The normalized spacial score (nSPS) is 17.0. The number of nitrogens with zero attached hydrogens (tertiary/aromatic N) is 3. The van der Waals surface area contributed by atoms with Crippen LogP contribution in [-0.2, 0) is 11.3 Å². The maximum Gasteiger partial charge on any atom is 0.241 e. The number of para-hydroxylation sites is 1. The topological polar surface area (TPSA) is 59.4 Å². The molecule has 0 radical (unpaired) electrons. The summed E-state index contributed by atoms with van der Waals surface area (Å²) in [4.78, 5) is 18.6. The Morgan fingerprint density at radius 3 is 2.68 bits per heavy atom. The Hall–Kier alpha value is -2.20. The van der Waals surface area contributed by atoms with Crippen molar-refractivity contribution in [3.8, 4) is 6.07 Å². The molecule has 0 unspecified atom stereocenters. The SMILES string of the molecule is C[C@@H](C(=O)Nc1ccccc1C#N)N1CCN(Cc2cccs2)CC1. The summed E-state index contributed by atoms with van der Waals surface area (Å²) < 4.78 is 0. The second-order valence-electron chi connectivity index (χ2n) is 6.21. The van der Waals surface area contributed by atoms with E-state index in [0.717, 1.165) is 32.7 Å². The highest BCUT2D eigenvalue weighted by atomic mass is 32.1. The summed E-state index contributed by atoms with van der Waals surface area (Å²) in [5.41, 5.74) is 1.07. The fraction of sp³-hybridized carbons (Fsp3) is 0.368. The Morgan fingerprint density at radius 1 is 1.24 bits per heavy atom. The van der Waals surface area contributed by atoms with Crippen LogP contribution in [0.25, 0.3) is 0 Å². The average Bonchev–Trinajstić information content (AvgIpc) is 3.15. The Labute approximate surface area is 152 Å². The zero-order chi connectivity index (χ0) is 17.6. The summed E-state index contributed by atoms with van der Waals surface area (Å²) in [6, 6.07) is 13.2. The second kappa shape index (κ2) is 8.26. The van der Waals surface area contributed by atoms with Gasteiger partial charge in [-0.25, -0.2) is 0 Å². The van der Waals surface area contributed by atoms with E-state index >= 15 is 0 Å². The van der Waals surface area contributed by atoms with Crippen LogP contribution in [0.1, 0.15) is 17.4 Å². The van der Waals surface area contributed by atoms with E-state index in [1.54, 1.807) is 29.5 Å². The number of nitriles is 1. The maximum atomic E-state index is 12.5. The summed E-state index contributed by atoms with van der Waals surface area (Å²) in [6.07, 6.45) is 0. The molecule has 0 saturated carbocycles. The Morgan fingerprint density at radius 2 is 2.00 bits per heavy atom. The number of piperazine rings is 1. The first kappa shape index (κ1) is 17.6. The monoisotopic (exact) mass is 354 g/mol. The first-order chi connectivity index (χ1) is 12.2. The minimum absolute atomic E-state index is 0.0607. The lowest BCUT2D eigenvalue weighted by Crippen LogP contribution is -2.52. The van der Waals surface area contributed by atoms with Gasteiger partial charge < -0.3 is 5.32 Å². The van der Waals surface area contributed by atoms with Gasteiger partial charge >= 0.3 is 0 Å². The Balaban J connectivity index is 1.52. The zero-order valence-electron chi connectivity index (χ0n) is 14.3. The third-order valence-corrected chi connectivity index (χ3v) is 5.46. The molecule has 2 heterocycles. The molecule has 1 saturated heterocycles. The summed E-state index contributed by atoms with van der Waals surface area (Å²) >= 11 is 1.79. The smallest absolute Gasteiger partial charge is 0.241 e. The third-order valence-electron chi connectivity index (χ3n) is 4.60. The number of thiophene rings is 1. The molecular weight excluding hydrogens is 332 g/mol. The molecule has 1 aliphatic heterocycles. The highest BCUT2D eigenvalue weighted by Gasteiger charge is 2.26. The van der Waals surface area contributed by atoms with E-state index < -0.39 is 0 Å². The molecule has 25 heavy (non-hydrogen) atoms. The van der Waals surface area contributed by atoms with Crippen molar-refractivity contribution in [2.75, 3.05) is 31.5 Å². The van der Waals surface area contributed by atoms with Gasteiger partial charge in [-0.3, -0.25) is 14.6 Å². The predicted molar refractivity (Wildman–Crippen MR) is 100 cm³/mol. The second-order valence-corrected chi connectivity index (χ2v) is 7.25. The van der Waals surface area contributed by atoms with E-state index in [1.807, 2.05) is 13.0 Å². The predicted octanol–water partition coefficient (Wildman–Crippen LogP) is 2.76. The van der Waals surface area contributed by atoms with Crippen LogP contribution in [-0.4, -0.2) is 47.9 Å². The number of carbonyl (C=O) groups excluding carboxylic acids is 1. The van der Waals surface area contributed by atoms with Gasteiger partial charge in [0.2, 0.25) is 5.91 Å². The van der Waals surface area contributed by atoms with Crippen molar-refractivity contribution in [2.45, 2.75) is 19.5 Å². The van der Waals surface area contributed by atoms with Crippen LogP contribution in [0.15, 0.2) is 41.8 Å².